The standard InChI is InChI=1S/C33H41F2N5O6/c1-20(2)29(32(44)46-3)40-33(45)39-27(19-22-9-7-11-24(35)17-22)31(43)38-26-12-4-5-15-36-28(41)14-13-25(37-30(26)42)18-21-8-6-10-23(34)16-21/h6-11,13-14,16-17,20,25-27,29H,4-5,12,15,18-19H2,1-3H3,(H,36,41)(H,37,42)(H,38,43)(H2,39,40,45)/b14-13-/t25-,26+,27+,29+/m1/s1. The van der Waals surface area contributed by atoms with Crippen LogP contribution in [0.2, 0.25) is 0 Å². The molecule has 1 aliphatic heterocycles. The second-order valence-electron chi connectivity index (χ2n) is 11.4. The highest BCUT2D eigenvalue weighted by molar-refractivity contribution is 5.93. The second-order valence-corrected chi connectivity index (χ2v) is 11.4. The van der Waals surface area contributed by atoms with Crippen LogP contribution >= 0.6 is 0 Å². The molecule has 3 rings (SSSR count). The summed E-state index contributed by atoms with van der Waals surface area (Å²) >= 11 is 0. The predicted molar refractivity (Wildman–Crippen MR) is 166 cm³/mol. The Morgan fingerprint density at radius 1 is 0.978 bits per heavy atom. The van der Waals surface area contributed by atoms with Gasteiger partial charge in [-0.25, -0.2) is 18.4 Å². The van der Waals surface area contributed by atoms with E-state index in [1.807, 2.05) is 0 Å². The van der Waals surface area contributed by atoms with Crippen molar-refractivity contribution in [2.24, 2.45) is 5.92 Å². The molecule has 0 saturated heterocycles. The van der Waals surface area contributed by atoms with Crippen LogP contribution in [0.1, 0.15) is 44.2 Å². The smallest absolute Gasteiger partial charge is 0.328 e. The van der Waals surface area contributed by atoms with Crippen molar-refractivity contribution in [3.05, 3.63) is 83.4 Å². The van der Waals surface area contributed by atoms with Gasteiger partial charge < -0.3 is 31.3 Å². The van der Waals surface area contributed by atoms with E-state index in [9.17, 15) is 32.8 Å². The van der Waals surface area contributed by atoms with Gasteiger partial charge in [-0.05, 0) is 67.0 Å². The van der Waals surface area contributed by atoms with Gasteiger partial charge in [0.1, 0.15) is 29.8 Å². The monoisotopic (exact) mass is 641 g/mol. The Hall–Kier alpha value is -4.81. The molecule has 0 radical (unpaired) electrons. The number of benzene rings is 2. The lowest BCUT2D eigenvalue weighted by atomic mass is 10.0. The van der Waals surface area contributed by atoms with Crippen molar-refractivity contribution in [2.75, 3.05) is 13.7 Å². The molecular formula is C33H41F2N5O6. The number of carbonyl (C=O) groups excluding carboxylic acids is 5. The second kappa shape index (κ2) is 17.6. The van der Waals surface area contributed by atoms with Crippen LogP contribution in [0.3, 0.4) is 0 Å². The van der Waals surface area contributed by atoms with E-state index in [-0.39, 0.29) is 31.1 Å². The molecular weight excluding hydrogens is 600 g/mol. The van der Waals surface area contributed by atoms with Gasteiger partial charge in [0, 0.05) is 19.0 Å². The summed E-state index contributed by atoms with van der Waals surface area (Å²) in [5, 5.41) is 13.4. The highest BCUT2D eigenvalue weighted by Crippen LogP contribution is 2.12. The number of nitrogens with one attached hydrogen (secondary N) is 5. The fourth-order valence-electron chi connectivity index (χ4n) is 4.93. The van der Waals surface area contributed by atoms with Crippen molar-refractivity contribution in [1.29, 1.82) is 0 Å². The van der Waals surface area contributed by atoms with Crippen LogP contribution in [-0.2, 0) is 36.8 Å². The number of urea groups is 1. The fourth-order valence-corrected chi connectivity index (χ4v) is 4.93. The van der Waals surface area contributed by atoms with E-state index in [4.69, 9.17) is 4.74 Å². The molecule has 2 aromatic carbocycles. The zero-order chi connectivity index (χ0) is 33.6. The summed E-state index contributed by atoms with van der Waals surface area (Å²) in [6.07, 6.45) is 4.07. The molecule has 0 spiro atoms. The van der Waals surface area contributed by atoms with Crippen LogP contribution in [-0.4, -0.2) is 67.5 Å². The van der Waals surface area contributed by atoms with Crippen LogP contribution < -0.4 is 26.6 Å². The lowest BCUT2D eigenvalue weighted by molar-refractivity contribution is -0.144. The fraction of sp³-hybridized carbons (Fsp3) is 0.424. The maximum Gasteiger partial charge on any atom is 0.328 e. The minimum Gasteiger partial charge on any atom is -0.467 e. The number of hydrogen-bond donors (Lipinski definition) is 5. The van der Waals surface area contributed by atoms with Gasteiger partial charge in [-0.1, -0.05) is 44.2 Å². The molecule has 46 heavy (non-hydrogen) atoms. The lowest BCUT2D eigenvalue weighted by Crippen LogP contribution is -2.58. The molecule has 13 heteroatoms. The van der Waals surface area contributed by atoms with Gasteiger partial charge >= 0.3 is 12.0 Å². The molecule has 2 aromatic rings. The molecule has 1 heterocycles. The van der Waals surface area contributed by atoms with Crippen molar-refractivity contribution in [2.45, 2.75) is 70.1 Å². The van der Waals surface area contributed by atoms with E-state index < -0.39 is 59.6 Å². The largest absolute Gasteiger partial charge is 0.467 e. The Balaban J connectivity index is 1.83. The van der Waals surface area contributed by atoms with Gasteiger partial charge in [0.15, 0.2) is 0 Å². The lowest BCUT2D eigenvalue weighted by Gasteiger charge is -2.26. The summed E-state index contributed by atoms with van der Waals surface area (Å²) in [7, 11) is 1.19. The number of rotatable bonds is 10. The Morgan fingerprint density at radius 2 is 1.65 bits per heavy atom. The third kappa shape index (κ3) is 11.6. The summed E-state index contributed by atoms with van der Waals surface area (Å²) in [6.45, 7) is 3.77. The summed E-state index contributed by atoms with van der Waals surface area (Å²) in [5.41, 5.74) is 0.994. The van der Waals surface area contributed by atoms with E-state index >= 15 is 0 Å². The van der Waals surface area contributed by atoms with Crippen molar-refractivity contribution in [3.8, 4) is 0 Å². The van der Waals surface area contributed by atoms with Crippen LogP contribution in [0.4, 0.5) is 13.6 Å². The Bertz CT molecular complexity index is 1420. The molecule has 11 nitrogen and oxygen atoms in total. The van der Waals surface area contributed by atoms with Crippen molar-refractivity contribution in [1.82, 2.24) is 26.6 Å². The van der Waals surface area contributed by atoms with Gasteiger partial charge in [-0.3, -0.25) is 14.4 Å². The van der Waals surface area contributed by atoms with Gasteiger partial charge in [0.05, 0.1) is 13.2 Å². The van der Waals surface area contributed by atoms with Crippen LogP contribution in [0.5, 0.6) is 0 Å². The number of carbonyl (C=O) groups is 5. The van der Waals surface area contributed by atoms with Crippen LogP contribution in [0, 0.1) is 17.6 Å². The predicted octanol–water partition coefficient (Wildman–Crippen LogP) is 2.44. The molecule has 248 valence electrons. The van der Waals surface area contributed by atoms with Gasteiger partial charge in [0.25, 0.3) is 0 Å². The molecule has 1 aliphatic rings. The molecule has 0 aromatic heterocycles. The summed E-state index contributed by atoms with van der Waals surface area (Å²) < 4.78 is 32.6. The number of halogens is 2. The number of methoxy groups -OCH3 is 1. The zero-order valence-corrected chi connectivity index (χ0v) is 26.1. The van der Waals surface area contributed by atoms with E-state index in [1.165, 1.54) is 55.7 Å². The molecule has 0 bridgehead atoms. The maximum absolute atomic E-state index is 14.0. The van der Waals surface area contributed by atoms with Gasteiger partial charge in [-0.15, -0.1) is 0 Å². The average molecular weight is 642 g/mol. The molecule has 0 saturated carbocycles. The third-order valence-electron chi connectivity index (χ3n) is 7.36. The topological polar surface area (TPSA) is 155 Å². The first-order valence-electron chi connectivity index (χ1n) is 15.2. The summed E-state index contributed by atoms with van der Waals surface area (Å²) in [5.74, 6) is -3.56. The van der Waals surface area contributed by atoms with Gasteiger partial charge in [0.2, 0.25) is 17.7 Å². The van der Waals surface area contributed by atoms with Gasteiger partial charge in [-0.2, -0.15) is 0 Å². The van der Waals surface area contributed by atoms with Crippen LogP contribution in [0.15, 0.2) is 60.7 Å². The molecule has 0 aliphatic carbocycles. The molecule has 0 fully saturated rings. The Morgan fingerprint density at radius 3 is 2.30 bits per heavy atom. The van der Waals surface area contributed by atoms with E-state index in [0.29, 0.717) is 30.5 Å². The number of hydrogen-bond acceptors (Lipinski definition) is 6. The zero-order valence-electron chi connectivity index (χ0n) is 26.1. The van der Waals surface area contributed by atoms with E-state index in [0.717, 1.165) is 0 Å². The van der Waals surface area contributed by atoms with E-state index in [2.05, 4.69) is 26.6 Å². The number of amides is 5. The SMILES string of the molecule is COC(=O)[C@@H](NC(=O)N[C@@H](Cc1cccc(F)c1)C(=O)N[C@H]1CCCCNC(=O)/C=C\[C@H](Cc2cccc(F)c2)NC1=O)C(C)C. The van der Waals surface area contributed by atoms with Crippen molar-refractivity contribution < 1.29 is 37.5 Å². The Labute approximate surface area is 266 Å². The first kappa shape index (κ1) is 35.7. The number of ether oxygens (including phenoxy) is 1. The minimum absolute atomic E-state index is 0.118. The summed E-state index contributed by atoms with van der Waals surface area (Å²) in [6, 6.07) is 6.55. The average Bonchev–Trinajstić information content (AvgIpc) is 3.00. The molecule has 0 unspecified atom stereocenters. The maximum atomic E-state index is 14.0. The van der Waals surface area contributed by atoms with E-state index in [1.54, 1.807) is 26.0 Å². The van der Waals surface area contributed by atoms with Crippen molar-refractivity contribution in [3.63, 3.8) is 0 Å². The van der Waals surface area contributed by atoms with Crippen molar-refractivity contribution >= 4 is 29.7 Å². The summed E-state index contributed by atoms with van der Waals surface area (Å²) in [4.78, 5) is 64.7. The highest BCUT2D eigenvalue weighted by atomic mass is 19.1. The highest BCUT2D eigenvalue weighted by Gasteiger charge is 2.30. The van der Waals surface area contributed by atoms with Crippen LogP contribution in [0.25, 0.3) is 0 Å². The Kier molecular flexibility index (Phi) is 13.7. The third-order valence-corrected chi connectivity index (χ3v) is 7.36. The molecule has 4 atom stereocenters. The minimum atomic E-state index is -1.26. The first-order chi connectivity index (χ1) is 21.9. The first-order valence-corrected chi connectivity index (χ1v) is 15.2. The quantitative estimate of drug-likeness (QED) is 0.251. The normalized spacial score (nSPS) is 19.3. The molecule has 5 N–H and O–H groups in total. The molecule has 5 amide bonds. The number of esters is 1.